The Balaban J connectivity index is 1.96. The molecule has 28 heavy (non-hydrogen) atoms. The molecule has 0 saturated carbocycles. The Morgan fingerprint density at radius 2 is 1.89 bits per heavy atom. The molecule has 1 aromatic carbocycles. The highest BCUT2D eigenvalue weighted by Crippen LogP contribution is 2.37. The zero-order valence-electron chi connectivity index (χ0n) is 15.8. The SMILES string of the molecule is CCOC(=O)c1c(-c2ccc(OC)cc2)csc1NC(=O)c1ccc(C)nc1. The van der Waals surface area contributed by atoms with Crippen LogP contribution in [0.3, 0.4) is 0 Å². The van der Waals surface area contributed by atoms with Crippen molar-refractivity contribution < 1.29 is 19.1 Å². The first-order valence-corrected chi connectivity index (χ1v) is 9.58. The van der Waals surface area contributed by atoms with E-state index in [9.17, 15) is 9.59 Å². The van der Waals surface area contributed by atoms with Gasteiger partial charge in [-0.25, -0.2) is 4.79 Å². The summed E-state index contributed by atoms with van der Waals surface area (Å²) in [4.78, 5) is 29.3. The summed E-state index contributed by atoms with van der Waals surface area (Å²) in [5.74, 6) is -0.0925. The van der Waals surface area contributed by atoms with Gasteiger partial charge in [0.2, 0.25) is 0 Å². The van der Waals surface area contributed by atoms with Gasteiger partial charge in [-0.2, -0.15) is 0 Å². The molecule has 2 aromatic heterocycles. The van der Waals surface area contributed by atoms with Crippen molar-refractivity contribution in [3.63, 3.8) is 0 Å². The van der Waals surface area contributed by atoms with Crippen LogP contribution in [0.2, 0.25) is 0 Å². The lowest BCUT2D eigenvalue weighted by Gasteiger charge is -2.09. The van der Waals surface area contributed by atoms with Crippen molar-refractivity contribution in [3.8, 4) is 16.9 Å². The zero-order chi connectivity index (χ0) is 20.1. The Morgan fingerprint density at radius 1 is 1.14 bits per heavy atom. The Hall–Kier alpha value is -3.19. The summed E-state index contributed by atoms with van der Waals surface area (Å²) in [6.45, 7) is 3.83. The molecule has 0 bridgehead atoms. The van der Waals surface area contributed by atoms with Gasteiger partial charge in [0.05, 0.1) is 19.3 Å². The first-order valence-electron chi connectivity index (χ1n) is 8.70. The number of hydrogen-bond acceptors (Lipinski definition) is 6. The second kappa shape index (κ2) is 8.67. The van der Waals surface area contributed by atoms with Gasteiger partial charge in [-0.05, 0) is 43.7 Å². The third-order valence-corrected chi connectivity index (χ3v) is 4.97. The number of hydrogen-bond donors (Lipinski definition) is 1. The van der Waals surface area contributed by atoms with Crippen LogP contribution in [0.1, 0.15) is 33.3 Å². The van der Waals surface area contributed by atoms with E-state index < -0.39 is 5.97 Å². The first kappa shape index (κ1) is 19.6. The van der Waals surface area contributed by atoms with E-state index in [0.717, 1.165) is 17.0 Å². The van der Waals surface area contributed by atoms with E-state index in [0.29, 0.717) is 21.7 Å². The number of nitrogens with one attached hydrogen (secondary N) is 1. The normalized spacial score (nSPS) is 10.4. The molecule has 6 nitrogen and oxygen atoms in total. The molecule has 0 aliphatic carbocycles. The summed E-state index contributed by atoms with van der Waals surface area (Å²) >= 11 is 1.28. The maximum atomic E-state index is 12.6. The number of ether oxygens (including phenoxy) is 2. The highest BCUT2D eigenvalue weighted by atomic mass is 32.1. The van der Waals surface area contributed by atoms with Crippen molar-refractivity contribution in [1.29, 1.82) is 0 Å². The molecule has 3 aromatic rings. The predicted molar refractivity (Wildman–Crippen MR) is 109 cm³/mol. The number of aryl methyl sites for hydroxylation is 1. The van der Waals surface area contributed by atoms with Gasteiger partial charge < -0.3 is 14.8 Å². The van der Waals surface area contributed by atoms with Gasteiger partial charge in [-0.3, -0.25) is 9.78 Å². The van der Waals surface area contributed by atoms with Crippen LogP contribution in [0.25, 0.3) is 11.1 Å². The maximum absolute atomic E-state index is 12.6. The number of methoxy groups -OCH3 is 1. The number of rotatable bonds is 6. The average Bonchev–Trinajstić information content (AvgIpc) is 3.12. The molecule has 0 aliphatic heterocycles. The standard InChI is InChI=1S/C21H20N2O4S/c1-4-27-21(25)18-17(14-7-9-16(26-3)10-8-14)12-28-20(18)23-19(24)15-6-5-13(2)22-11-15/h5-12H,4H2,1-3H3,(H,23,24). The molecule has 144 valence electrons. The average molecular weight is 396 g/mol. The van der Waals surface area contributed by atoms with Gasteiger partial charge in [0.1, 0.15) is 16.3 Å². The number of thiophene rings is 1. The lowest BCUT2D eigenvalue weighted by Crippen LogP contribution is -2.15. The number of carbonyl (C=O) groups excluding carboxylic acids is 2. The topological polar surface area (TPSA) is 77.5 Å². The van der Waals surface area contributed by atoms with E-state index >= 15 is 0 Å². The number of aromatic nitrogens is 1. The van der Waals surface area contributed by atoms with Crippen molar-refractivity contribution in [2.24, 2.45) is 0 Å². The summed E-state index contributed by atoms with van der Waals surface area (Å²) < 4.78 is 10.4. The molecule has 2 heterocycles. The van der Waals surface area contributed by atoms with E-state index in [4.69, 9.17) is 9.47 Å². The smallest absolute Gasteiger partial charge is 0.341 e. The third kappa shape index (κ3) is 4.20. The minimum Gasteiger partial charge on any atom is -0.497 e. The minimum atomic E-state index is -0.480. The van der Waals surface area contributed by atoms with Gasteiger partial charge in [0.15, 0.2) is 0 Å². The van der Waals surface area contributed by atoms with E-state index in [1.807, 2.05) is 36.6 Å². The van der Waals surface area contributed by atoms with Gasteiger partial charge in [0, 0.05) is 22.8 Å². The number of nitrogens with zero attached hydrogens (tertiary/aromatic N) is 1. The highest BCUT2D eigenvalue weighted by Gasteiger charge is 2.23. The Labute approximate surface area is 167 Å². The Morgan fingerprint density at radius 3 is 2.50 bits per heavy atom. The fraction of sp³-hybridized carbons (Fsp3) is 0.190. The molecule has 0 radical (unpaired) electrons. The van der Waals surface area contributed by atoms with Gasteiger partial charge in [0.25, 0.3) is 5.91 Å². The fourth-order valence-corrected chi connectivity index (χ4v) is 3.57. The number of benzene rings is 1. The molecule has 0 spiro atoms. The summed E-state index contributed by atoms with van der Waals surface area (Å²) in [6.07, 6.45) is 1.51. The van der Waals surface area contributed by atoms with Crippen LogP contribution in [0.5, 0.6) is 5.75 Å². The first-order chi connectivity index (χ1) is 13.5. The van der Waals surface area contributed by atoms with Gasteiger partial charge in [-0.1, -0.05) is 12.1 Å². The van der Waals surface area contributed by atoms with Crippen LogP contribution in [-0.4, -0.2) is 30.6 Å². The largest absolute Gasteiger partial charge is 0.497 e. The van der Waals surface area contributed by atoms with Crippen molar-refractivity contribution in [2.75, 3.05) is 19.0 Å². The molecule has 3 rings (SSSR count). The van der Waals surface area contributed by atoms with E-state index in [1.165, 1.54) is 17.5 Å². The number of pyridine rings is 1. The molecule has 7 heteroatoms. The zero-order valence-corrected chi connectivity index (χ0v) is 16.6. The number of esters is 1. The van der Waals surface area contributed by atoms with Crippen molar-refractivity contribution in [3.05, 3.63) is 64.8 Å². The molecule has 0 fully saturated rings. The summed E-state index contributed by atoms with van der Waals surface area (Å²) in [7, 11) is 1.59. The second-order valence-electron chi connectivity index (χ2n) is 5.94. The maximum Gasteiger partial charge on any atom is 0.341 e. The highest BCUT2D eigenvalue weighted by molar-refractivity contribution is 7.15. The van der Waals surface area contributed by atoms with E-state index in [1.54, 1.807) is 26.2 Å². The molecule has 0 unspecified atom stereocenters. The summed E-state index contributed by atoms with van der Waals surface area (Å²) in [5.41, 5.74) is 3.10. The fourth-order valence-electron chi connectivity index (χ4n) is 2.62. The predicted octanol–water partition coefficient (Wildman–Crippen LogP) is 4.56. The lowest BCUT2D eigenvalue weighted by molar-refractivity contribution is 0.0529. The van der Waals surface area contributed by atoms with Crippen molar-refractivity contribution in [2.45, 2.75) is 13.8 Å². The number of carbonyl (C=O) groups is 2. The van der Waals surface area contributed by atoms with Crippen molar-refractivity contribution >= 4 is 28.2 Å². The van der Waals surface area contributed by atoms with Gasteiger partial charge >= 0.3 is 5.97 Å². The second-order valence-corrected chi connectivity index (χ2v) is 6.82. The lowest BCUT2D eigenvalue weighted by atomic mass is 10.0. The van der Waals surface area contributed by atoms with E-state index in [-0.39, 0.29) is 12.5 Å². The van der Waals surface area contributed by atoms with Crippen LogP contribution >= 0.6 is 11.3 Å². The molecule has 1 N–H and O–H groups in total. The molecule has 0 saturated heterocycles. The quantitative estimate of drug-likeness (QED) is 0.618. The number of anilines is 1. The minimum absolute atomic E-state index is 0.242. The van der Waals surface area contributed by atoms with Crippen LogP contribution in [0, 0.1) is 6.92 Å². The van der Waals surface area contributed by atoms with E-state index in [2.05, 4.69) is 10.3 Å². The van der Waals surface area contributed by atoms with Crippen LogP contribution in [0.4, 0.5) is 5.00 Å². The molecule has 0 aliphatic rings. The molecular formula is C21H20N2O4S. The Bertz CT molecular complexity index is 979. The molecule has 1 amide bonds. The van der Waals surface area contributed by atoms with Crippen molar-refractivity contribution in [1.82, 2.24) is 4.98 Å². The molecule has 0 atom stereocenters. The number of amides is 1. The Kier molecular flexibility index (Phi) is 6.06. The van der Waals surface area contributed by atoms with Crippen LogP contribution in [0.15, 0.2) is 48.0 Å². The third-order valence-electron chi connectivity index (χ3n) is 4.07. The summed E-state index contributed by atoms with van der Waals surface area (Å²) in [6, 6.07) is 10.8. The van der Waals surface area contributed by atoms with Gasteiger partial charge in [-0.15, -0.1) is 11.3 Å². The van der Waals surface area contributed by atoms with Crippen LogP contribution in [-0.2, 0) is 4.74 Å². The van der Waals surface area contributed by atoms with Crippen LogP contribution < -0.4 is 10.1 Å². The molecular weight excluding hydrogens is 376 g/mol. The summed E-state index contributed by atoms with van der Waals surface area (Å²) in [5, 5.41) is 5.08. The monoisotopic (exact) mass is 396 g/mol.